The van der Waals surface area contributed by atoms with Gasteiger partial charge in [0.25, 0.3) is 0 Å². The summed E-state index contributed by atoms with van der Waals surface area (Å²) in [6, 6.07) is 7.25. The summed E-state index contributed by atoms with van der Waals surface area (Å²) in [5.41, 5.74) is 1.07. The van der Waals surface area contributed by atoms with Crippen molar-refractivity contribution in [3.63, 3.8) is 0 Å². The first-order valence-electron chi connectivity index (χ1n) is 8.03. The summed E-state index contributed by atoms with van der Waals surface area (Å²) in [7, 11) is 0. The maximum absolute atomic E-state index is 10.0. The number of aliphatic hydroxyl groups excluding tert-OH is 1. The second-order valence-electron chi connectivity index (χ2n) is 5.95. The Morgan fingerprint density at radius 3 is 2.42 bits per heavy atom. The molecule has 2 aliphatic heterocycles. The minimum Gasteiger partial charge on any atom is -0.491 e. The van der Waals surface area contributed by atoms with E-state index in [0.717, 1.165) is 34.6 Å². The molecule has 2 N–H and O–H groups in total. The van der Waals surface area contributed by atoms with Gasteiger partial charge in [-0.05, 0) is 61.7 Å². The fourth-order valence-corrected chi connectivity index (χ4v) is 3.29. The third kappa shape index (κ3) is 4.09. The molecule has 0 aromatic carbocycles. The molecule has 0 saturated carbocycles. The molecule has 26 heavy (non-hydrogen) atoms. The first-order valence-corrected chi connectivity index (χ1v) is 9.62. The average molecular weight is 486 g/mol. The predicted octanol–water partition coefficient (Wildman–Crippen LogP) is 3.45. The van der Waals surface area contributed by atoms with Gasteiger partial charge >= 0.3 is 0 Å². The van der Waals surface area contributed by atoms with E-state index in [-0.39, 0.29) is 6.61 Å². The Kier molecular flexibility index (Phi) is 5.96. The number of nitrogens with zero attached hydrogens (tertiary/aromatic N) is 2. The maximum atomic E-state index is 10.0. The largest absolute Gasteiger partial charge is 0.491 e. The molecule has 2 aromatic rings. The Morgan fingerprint density at radius 2 is 1.69 bits per heavy atom. The van der Waals surface area contributed by atoms with Crippen molar-refractivity contribution in [2.24, 2.45) is 0 Å². The van der Waals surface area contributed by atoms with Crippen molar-refractivity contribution < 1.29 is 19.7 Å². The molecular weight excluding hydrogens is 468 g/mol. The minimum absolute atomic E-state index is 0.340. The molecule has 138 valence electrons. The number of pyridine rings is 2. The van der Waals surface area contributed by atoms with E-state index in [1.807, 2.05) is 12.1 Å². The third-order valence-corrected chi connectivity index (χ3v) is 5.00. The molecule has 0 aliphatic carbocycles. The number of aliphatic hydroxyl groups is 2. The van der Waals surface area contributed by atoms with Crippen LogP contribution < -0.4 is 9.47 Å². The van der Waals surface area contributed by atoms with Gasteiger partial charge in [-0.25, -0.2) is 9.97 Å². The molecular formula is C18H18Br2N2O4. The van der Waals surface area contributed by atoms with E-state index in [9.17, 15) is 5.11 Å². The summed E-state index contributed by atoms with van der Waals surface area (Å²) < 4.78 is 12.2. The Morgan fingerprint density at radius 1 is 1.04 bits per heavy atom. The normalized spacial score (nSPS) is 20.7. The van der Waals surface area contributed by atoms with Gasteiger partial charge in [-0.1, -0.05) is 6.58 Å². The van der Waals surface area contributed by atoms with Crippen LogP contribution >= 0.6 is 31.9 Å². The van der Waals surface area contributed by atoms with Gasteiger partial charge in [-0.15, -0.1) is 0 Å². The number of rotatable bonds is 1. The summed E-state index contributed by atoms with van der Waals surface area (Å²) in [4.78, 5) is 8.41. The Balaban J connectivity index is 0.000000152. The fraction of sp³-hybridized carbons (Fsp3) is 0.333. The zero-order valence-corrected chi connectivity index (χ0v) is 17.1. The van der Waals surface area contributed by atoms with Crippen molar-refractivity contribution in [1.82, 2.24) is 9.97 Å². The quantitative estimate of drug-likeness (QED) is 0.602. The fourth-order valence-electron chi connectivity index (χ4n) is 2.67. The van der Waals surface area contributed by atoms with Gasteiger partial charge in [0.15, 0.2) is 0 Å². The number of aromatic nitrogens is 2. The number of halogens is 2. The van der Waals surface area contributed by atoms with Crippen molar-refractivity contribution in [1.29, 1.82) is 0 Å². The molecule has 1 unspecified atom stereocenters. The van der Waals surface area contributed by atoms with E-state index in [1.165, 1.54) is 0 Å². The SMILES string of the molecule is C=C1CCOc2ccc(Br)nc21.OCC1(O)CCOc2ccc(Br)nc21. The van der Waals surface area contributed by atoms with Gasteiger partial charge in [0.05, 0.1) is 19.8 Å². The van der Waals surface area contributed by atoms with Crippen LogP contribution in [0, 0.1) is 0 Å². The van der Waals surface area contributed by atoms with Crippen LogP contribution in [0.15, 0.2) is 40.1 Å². The zero-order valence-electron chi connectivity index (χ0n) is 13.9. The van der Waals surface area contributed by atoms with Crippen molar-refractivity contribution in [3.8, 4) is 11.5 Å². The molecule has 0 bridgehead atoms. The summed E-state index contributed by atoms with van der Waals surface area (Å²) >= 11 is 6.52. The van der Waals surface area contributed by atoms with Crippen molar-refractivity contribution in [3.05, 3.63) is 51.4 Å². The van der Waals surface area contributed by atoms with Crippen LogP contribution in [-0.2, 0) is 5.60 Å². The molecule has 6 nitrogen and oxygen atoms in total. The van der Waals surface area contributed by atoms with Gasteiger partial charge in [-0.2, -0.15) is 0 Å². The molecule has 0 saturated heterocycles. The molecule has 0 spiro atoms. The number of fused-ring (bicyclic) bond motifs is 2. The zero-order chi connectivity index (χ0) is 18.7. The molecule has 0 fully saturated rings. The summed E-state index contributed by atoms with van der Waals surface area (Å²) in [6.45, 7) is 4.71. The highest BCUT2D eigenvalue weighted by atomic mass is 79.9. The Labute approximate surface area is 168 Å². The topological polar surface area (TPSA) is 84.7 Å². The molecule has 0 radical (unpaired) electrons. The summed E-state index contributed by atoms with van der Waals surface area (Å²) in [5, 5.41) is 19.2. The lowest BCUT2D eigenvalue weighted by Crippen LogP contribution is -2.37. The van der Waals surface area contributed by atoms with Crippen LogP contribution in [0.1, 0.15) is 24.2 Å². The molecule has 4 rings (SSSR count). The van der Waals surface area contributed by atoms with E-state index in [0.29, 0.717) is 29.1 Å². The van der Waals surface area contributed by atoms with Crippen LogP contribution in [0.2, 0.25) is 0 Å². The lowest BCUT2D eigenvalue weighted by atomic mass is 9.94. The number of hydrogen-bond donors (Lipinski definition) is 2. The standard InChI is InChI=1S/C9H10BrNO3.C9H8BrNO/c10-7-2-1-6-8(11-7)9(13,5-12)3-4-14-6;1-6-4-5-12-7-2-3-8(10)11-9(6)7/h1-2,12-13H,3-5H2;2-3H,1,4-5H2. The van der Waals surface area contributed by atoms with Gasteiger partial charge in [-0.3, -0.25) is 0 Å². The Hall–Kier alpha value is -1.48. The predicted molar refractivity (Wildman–Crippen MR) is 104 cm³/mol. The first-order chi connectivity index (χ1) is 12.4. The van der Waals surface area contributed by atoms with E-state index >= 15 is 0 Å². The second kappa shape index (κ2) is 8.04. The van der Waals surface area contributed by atoms with Gasteiger partial charge in [0.2, 0.25) is 0 Å². The van der Waals surface area contributed by atoms with Crippen LogP contribution in [0.25, 0.3) is 5.57 Å². The van der Waals surface area contributed by atoms with E-state index in [2.05, 4.69) is 48.4 Å². The molecule has 2 aliphatic rings. The lowest BCUT2D eigenvalue weighted by Gasteiger charge is -2.31. The summed E-state index contributed by atoms with van der Waals surface area (Å²) in [5.74, 6) is 1.38. The lowest BCUT2D eigenvalue weighted by molar-refractivity contribution is -0.0514. The summed E-state index contributed by atoms with van der Waals surface area (Å²) in [6.07, 6.45) is 1.23. The minimum atomic E-state index is -1.27. The highest BCUT2D eigenvalue weighted by molar-refractivity contribution is 9.10. The number of ether oxygens (including phenoxy) is 2. The van der Waals surface area contributed by atoms with Gasteiger partial charge < -0.3 is 19.7 Å². The second-order valence-corrected chi connectivity index (χ2v) is 7.58. The highest BCUT2D eigenvalue weighted by Crippen LogP contribution is 2.36. The van der Waals surface area contributed by atoms with E-state index in [4.69, 9.17) is 14.6 Å². The molecule has 2 aromatic heterocycles. The monoisotopic (exact) mass is 484 g/mol. The van der Waals surface area contributed by atoms with Crippen molar-refractivity contribution >= 4 is 37.4 Å². The van der Waals surface area contributed by atoms with Crippen molar-refractivity contribution in [2.75, 3.05) is 19.8 Å². The van der Waals surface area contributed by atoms with E-state index < -0.39 is 5.60 Å². The first kappa shape index (κ1) is 19.3. The Bertz CT molecular complexity index is 831. The highest BCUT2D eigenvalue weighted by Gasteiger charge is 2.36. The molecule has 8 heteroatoms. The smallest absolute Gasteiger partial charge is 0.145 e. The maximum Gasteiger partial charge on any atom is 0.145 e. The molecule has 0 amide bonds. The van der Waals surface area contributed by atoms with E-state index in [1.54, 1.807) is 12.1 Å². The molecule has 4 heterocycles. The van der Waals surface area contributed by atoms with Gasteiger partial charge in [0.1, 0.15) is 37.7 Å². The van der Waals surface area contributed by atoms with Crippen molar-refractivity contribution in [2.45, 2.75) is 18.4 Å². The van der Waals surface area contributed by atoms with Crippen LogP contribution in [-0.4, -0.2) is 40.0 Å². The molecule has 1 atom stereocenters. The van der Waals surface area contributed by atoms with Crippen LogP contribution in [0.5, 0.6) is 11.5 Å². The average Bonchev–Trinajstić information content (AvgIpc) is 2.64. The van der Waals surface area contributed by atoms with Gasteiger partial charge in [0, 0.05) is 12.8 Å². The third-order valence-electron chi connectivity index (χ3n) is 4.12. The number of hydrogen-bond acceptors (Lipinski definition) is 6. The van der Waals surface area contributed by atoms with Crippen LogP contribution in [0.4, 0.5) is 0 Å². The van der Waals surface area contributed by atoms with Crippen LogP contribution in [0.3, 0.4) is 0 Å².